The molecule has 1 unspecified atom stereocenters. The van der Waals surface area contributed by atoms with Gasteiger partial charge in [-0.25, -0.2) is 10.9 Å². The van der Waals surface area contributed by atoms with Gasteiger partial charge >= 0.3 is 0 Å². The third-order valence-corrected chi connectivity index (χ3v) is 9.32. The predicted octanol–water partition coefficient (Wildman–Crippen LogP) is 1.36. The zero-order valence-corrected chi connectivity index (χ0v) is 22.2. The molecular formula is C27H38N2O6S. The molecule has 0 bridgehead atoms. The summed E-state index contributed by atoms with van der Waals surface area (Å²) in [5.41, 5.74) is 8.77. The second-order valence-electron chi connectivity index (χ2n) is 10.3. The highest BCUT2D eigenvalue weighted by Gasteiger charge is 2.40. The van der Waals surface area contributed by atoms with E-state index in [1.165, 1.54) is 0 Å². The predicted molar refractivity (Wildman–Crippen MR) is 142 cm³/mol. The summed E-state index contributed by atoms with van der Waals surface area (Å²) in [7, 11) is -0.677. The van der Waals surface area contributed by atoms with Crippen molar-refractivity contribution in [1.29, 1.82) is 0 Å². The molecule has 1 heterocycles. The molecule has 0 aliphatic carbocycles. The maximum absolute atomic E-state index is 12.0. The minimum absolute atomic E-state index is 0.138. The fraction of sp³-hybridized carbons (Fsp3) is 0.481. The number of hydrogen-bond donors (Lipinski definition) is 6. The van der Waals surface area contributed by atoms with E-state index in [1.54, 1.807) is 13.8 Å². The minimum atomic E-state index is -1.14. The van der Waals surface area contributed by atoms with Gasteiger partial charge in [0, 0.05) is 17.5 Å². The molecular weight excluding hydrogens is 480 g/mol. The highest BCUT2D eigenvalue weighted by Crippen LogP contribution is 2.48. The second kappa shape index (κ2) is 11.6. The van der Waals surface area contributed by atoms with Crippen LogP contribution < -0.4 is 15.8 Å². The van der Waals surface area contributed by atoms with Gasteiger partial charge in [0.05, 0.1) is 17.6 Å². The number of ether oxygens (including phenoxy) is 1. The van der Waals surface area contributed by atoms with Crippen LogP contribution in [0.5, 0.6) is 5.75 Å². The zero-order chi connectivity index (χ0) is 26.6. The van der Waals surface area contributed by atoms with E-state index in [0.717, 1.165) is 22.3 Å². The number of carbonyl (C=O) groups excluding carboxylic acids is 2. The number of nitrogens with two attached hydrogens (primary N) is 1. The van der Waals surface area contributed by atoms with Gasteiger partial charge in [-0.3, -0.25) is 9.59 Å². The van der Waals surface area contributed by atoms with Crippen molar-refractivity contribution in [2.24, 2.45) is 11.1 Å². The molecule has 0 radical (unpaired) electrons. The number of aliphatic hydroxyl groups is 3. The van der Waals surface area contributed by atoms with Gasteiger partial charge in [0.25, 0.3) is 5.91 Å². The summed E-state index contributed by atoms with van der Waals surface area (Å²) in [5.74, 6) is 0.244. The highest BCUT2D eigenvalue weighted by atomic mass is 32.2. The number of benzene rings is 2. The Morgan fingerprint density at radius 1 is 1.11 bits per heavy atom. The molecule has 1 aliphatic heterocycles. The molecule has 2 aromatic rings. The largest absolute Gasteiger partial charge is 0.484 e. The molecule has 1 saturated heterocycles. The van der Waals surface area contributed by atoms with Gasteiger partial charge in [-0.1, -0.05) is 30.3 Å². The van der Waals surface area contributed by atoms with Crippen LogP contribution in [0.25, 0.3) is 0 Å². The first-order valence-electron chi connectivity index (χ1n) is 12.0. The van der Waals surface area contributed by atoms with Crippen molar-refractivity contribution in [3.63, 3.8) is 0 Å². The quantitative estimate of drug-likeness (QED) is 0.277. The lowest BCUT2D eigenvalue weighted by Crippen LogP contribution is -2.47. The third-order valence-electron chi connectivity index (χ3n) is 6.81. The fourth-order valence-corrected chi connectivity index (χ4v) is 6.64. The molecule has 0 saturated carbocycles. The number of rotatable bonds is 9. The minimum Gasteiger partial charge on any atom is -0.484 e. The Morgan fingerprint density at radius 2 is 1.78 bits per heavy atom. The lowest BCUT2D eigenvalue weighted by molar-refractivity contribution is -0.127. The van der Waals surface area contributed by atoms with E-state index in [2.05, 4.69) is 17.6 Å². The van der Waals surface area contributed by atoms with E-state index >= 15 is 0 Å². The second-order valence-corrected chi connectivity index (χ2v) is 12.7. The number of hydrogen-bond acceptors (Lipinski definition) is 6. The van der Waals surface area contributed by atoms with Crippen LogP contribution in [0.4, 0.5) is 0 Å². The summed E-state index contributed by atoms with van der Waals surface area (Å²) in [6, 6.07) is 13.6. The number of primary amides is 1. The fourth-order valence-electron chi connectivity index (χ4n) is 4.24. The molecule has 1 fully saturated rings. The Balaban J connectivity index is 1.61. The molecule has 0 aromatic heterocycles. The third kappa shape index (κ3) is 6.79. The number of aryl methyl sites for hydroxylation is 1. The Bertz CT molecular complexity index is 1070. The van der Waals surface area contributed by atoms with E-state index in [-0.39, 0.29) is 24.3 Å². The summed E-state index contributed by atoms with van der Waals surface area (Å²) >= 11 is 0. The standard InChI is InChI=1S/C27H38N2O6S/c1-16-5-8-18(25-24(33)23(32)21(30)14-36(25)4)12-19(16)11-17-6-9-20(10-7-17)35-13-22(31)29-15-27(2,3)26(28)34/h5-10,12,21,23-25,30,32-33,36H,11,13-15H2,1-4H3,(H2,28,34)(H,29,31)/t21-,23-,24-,25+/m1/s1. The van der Waals surface area contributed by atoms with Crippen molar-refractivity contribution in [3.05, 3.63) is 64.7 Å². The van der Waals surface area contributed by atoms with E-state index < -0.39 is 40.5 Å². The molecule has 5 atom stereocenters. The van der Waals surface area contributed by atoms with Crippen LogP contribution in [0, 0.1) is 12.3 Å². The number of amides is 2. The van der Waals surface area contributed by atoms with Crippen molar-refractivity contribution in [1.82, 2.24) is 5.32 Å². The van der Waals surface area contributed by atoms with E-state index in [9.17, 15) is 24.9 Å². The average molecular weight is 519 g/mol. The van der Waals surface area contributed by atoms with Gasteiger partial charge in [0.15, 0.2) is 6.61 Å². The zero-order valence-electron chi connectivity index (χ0n) is 21.3. The van der Waals surface area contributed by atoms with Crippen molar-refractivity contribution in [2.75, 3.05) is 25.2 Å². The summed E-state index contributed by atoms with van der Waals surface area (Å²) in [5, 5.41) is 33.3. The Labute approximate surface area is 215 Å². The van der Waals surface area contributed by atoms with Gasteiger partial charge < -0.3 is 31.1 Å². The van der Waals surface area contributed by atoms with Crippen molar-refractivity contribution >= 4 is 22.7 Å². The molecule has 2 aromatic carbocycles. The van der Waals surface area contributed by atoms with Gasteiger partial charge in [0.2, 0.25) is 5.91 Å². The van der Waals surface area contributed by atoms with Crippen molar-refractivity contribution in [3.8, 4) is 5.75 Å². The normalized spacial score (nSPS) is 25.2. The monoisotopic (exact) mass is 518 g/mol. The molecule has 3 rings (SSSR count). The molecule has 8 nitrogen and oxygen atoms in total. The number of nitrogens with one attached hydrogen (secondary N) is 1. The summed E-state index contributed by atoms with van der Waals surface area (Å²) in [6.45, 7) is 5.34. The Morgan fingerprint density at radius 3 is 2.42 bits per heavy atom. The molecule has 36 heavy (non-hydrogen) atoms. The molecule has 1 aliphatic rings. The van der Waals surface area contributed by atoms with Crippen LogP contribution in [0.3, 0.4) is 0 Å². The van der Waals surface area contributed by atoms with Gasteiger partial charge in [-0.05, 0) is 67.8 Å². The molecule has 2 amide bonds. The summed E-state index contributed by atoms with van der Waals surface area (Å²) in [4.78, 5) is 23.4. The Kier molecular flexibility index (Phi) is 9.05. The van der Waals surface area contributed by atoms with Crippen LogP contribution >= 0.6 is 10.9 Å². The molecule has 6 N–H and O–H groups in total. The Hall–Kier alpha value is -2.59. The number of thiol groups is 1. The maximum Gasteiger partial charge on any atom is 0.257 e. The van der Waals surface area contributed by atoms with Crippen molar-refractivity contribution in [2.45, 2.75) is 50.8 Å². The lowest BCUT2D eigenvalue weighted by Gasteiger charge is -2.42. The topological polar surface area (TPSA) is 142 Å². The van der Waals surface area contributed by atoms with Crippen LogP contribution in [0.1, 0.15) is 41.4 Å². The van der Waals surface area contributed by atoms with E-state index in [4.69, 9.17) is 10.5 Å². The molecule has 0 spiro atoms. The smallest absolute Gasteiger partial charge is 0.257 e. The van der Waals surface area contributed by atoms with Crippen LogP contribution in [-0.2, 0) is 16.0 Å². The van der Waals surface area contributed by atoms with Crippen LogP contribution in [0.2, 0.25) is 0 Å². The number of carbonyl (C=O) groups is 2. The maximum atomic E-state index is 12.0. The molecule has 198 valence electrons. The van der Waals surface area contributed by atoms with Gasteiger partial charge in [0.1, 0.15) is 11.9 Å². The first-order valence-corrected chi connectivity index (χ1v) is 14.1. The van der Waals surface area contributed by atoms with Gasteiger partial charge in [-0.15, -0.1) is 0 Å². The highest BCUT2D eigenvalue weighted by molar-refractivity contribution is 8.16. The summed E-state index contributed by atoms with van der Waals surface area (Å²) < 4.78 is 5.57. The van der Waals surface area contributed by atoms with Crippen LogP contribution in [-0.4, -0.2) is 70.6 Å². The first-order chi connectivity index (χ1) is 16.9. The summed E-state index contributed by atoms with van der Waals surface area (Å²) in [6.07, 6.45) is -0.280. The van der Waals surface area contributed by atoms with Gasteiger partial charge in [-0.2, -0.15) is 0 Å². The first kappa shape index (κ1) is 28.0. The lowest BCUT2D eigenvalue weighted by atomic mass is 9.93. The van der Waals surface area contributed by atoms with E-state index in [1.807, 2.05) is 43.3 Å². The van der Waals surface area contributed by atoms with E-state index in [0.29, 0.717) is 17.9 Å². The average Bonchev–Trinajstić information content (AvgIpc) is 2.82. The molecule has 9 heteroatoms. The number of aliphatic hydroxyl groups excluding tert-OH is 3. The SMILES string of the molecule is Cc1ccc([C@H]2[C@H](O)[C@H](O)[C@H](O)C[SH]2C)cc1Cc1ccc(OCC(=O)NCC(C)(C)C(N)=O)cc1. The van der Waals surface area contributed by atoms with Crippen LogP contribution in [0.15, 0.2) is 42.5 Å². The van der Waals surface area contributed by atoms with Crippen molar-refractivity contribution < 1.29 is 29.6 Å².